The fourth-order valence-corrected chi connectivity index (χ4v) is 4.46. The van der Waals surface area contributed by atoms with E-state index in [0.29, 0.717) is 6.42 Å². The minimum absolute atomic E-state index is 0.393. The zero-order valence-corrected chi connectivity index (χ0v) is 20.7. The van der Waals surface area contributed by atoms with Crippen LogP contribution in [0.2, 0.25) is 0 Å². The molecule has 178 valence electrons. The van der Waals surface area contributed by atoms with Crippen molar-refractivity contribution in [2.45, 2.75) is 18.6 Å². The lowest BCUT2D eigenvalue weighted by Gasteiger charge is -2.14. The van der Waals surface area contributed by atoms with E-state index in [2.05, 4.69) is 21.9 Å². The number of nitrogens with zero attached hydrogens (tertiary/aromatic N) is 1. The highest BCUT2D eigenvalue weighted by atomic mass is 32.2. The van der Waals surface area contributed by atoms with Crippen LogP contribution < -0.4 is 0 Å². The van der Waals surface area contributed by atoms with E-state index in [1.54, 1.807) is 19.2 Å². The molecule has 5 nitrogen and oxygen atoms in total. The Labute approximate surface area is 206 Å². The Kier molecular flexibility index (Phi) is 7.12. The van der Waals surface area contributed by atoms with Crippen molar-refractivity contribution in [3.63, 3.8) is 0 Å². The van der Waals surface area contributed by atoms with Crippen LogP contribution in [0.15, 0.2) is 85.1 Å². The number of methoxy groups -OCH3 is 1. The van der Waals surface area contributed by atoms with E-state index >= 15 is 0 Å². The zero-order valence-electron chi connectivity index (χ0n) is 19.9. The molecule has 4 aromatic rings. The van der Waals surface area contributed by atoms with Crippen LogP contribution in [-0.2, 0) is 25.8 Å². The normalized spacial score (nSPS) is 12.7. The Morgan fingerprint density at radius 3 is 2.43 bits per heavy atom. The predicted molar refractivity (Wildman–Crippen MR) is 142 cm³/mol. The van der Waals surface area contributed by atoms with E-state index in [0.717, 1.165) is 44.3 Å². The number of hydrogen-bond donors (Lipinski definition) is 0. The molecule has 1 heterocycles. The van der Waals surface area contributed by atoms with E-state index in [1.807, 2.05) is 60.7 Å². The lowest BCUT2D eigenvalue weighted by atomic mass is 9.94. The summed E-state index contributed by atoms with van der Waals surface area (Å²) in [5.41, 5.74) is 6.81. The summed E-state index contributed by atoms with van der Waals surface area (Å²) in [6.07, 6.45) is 6.60. The molecule has 0 amide bonds. The maximum absolute atomic E-state index is 12.0. The SMILES string of the molecule is COC(=O)C=Cc1ccc(-c2cccc(-c3cc(CC(C)S(C)(=O)=O)cc4cccnc34)c2)cc1. The molecule has 0 aliphatic carbocycles. The second kappa shape index (κ2) is 10.2. The molecule has 0 saturated heterocycles. The van der Waals surface area contributed by atoms with Gasteiger partial charge in [-0.15, -0.1) is 0 Å². The average molecular weight is 486 g/mol. The minimum Gasteiger partial charge on any atom is -0.466 e. The first-order chi connectivity index (χ1) is 16.7. The number of esters is 1. The summed E-state index contributed by atoms with van der Waals surface area (Å²) in [5, 5.41) is 0.510. The second-order valence-electron chi connectivity index (χ2n) is 8.62. The summed E-state index contributed by atoms with van der Waals surface area (Å²) in [6.45, 7) is 1.74. The maximum atomic E-state index is 12.0. The first kappa shape index (κ1) is 24.4. The summed E-state index contributed by atoms with van der Waals surface area (Å²) in [7, 11) is -1.78. The molecule has 0 N–H and O–H groups in total. The largest absolute Gasteiger partial charge is 0.466 e. The summed E-state index contributed by atoms with van der Waals surface area (Å²) in [5.74, 6) is -0.393. The van der Waals surface area contributed by atoms with Gasteiger partial charge in [0.1, 0.15) is 9.84 Å². The van der Waals surface area contributed by atoms with Gasteiger partial charge in [-0.2, -0.15) is 0 Å². The minimum atomic E-state index is -3.13. The standard InChI is InChI=1S/C29H27NO4S/c1-20(35(3,32)33)16-22-17-26-8-5-15-30-29(26)27(18-22)25-7-4-6-24(19-25)23-12-9-21(10-13-23)11-14-28(31)34-2/h4-15,17-20H,16H2,1-3H3. The van der Waals surface area contributed by atoms with Crippen molar-refractivity contribution in [1.29, 1.82) is 0 Å². The molecule has 35 heavy (non-hydrogen) atoms. The van der Waals surface area contributed by atoms with Crippen LogP contribution in [0, 0.1) is 0 Å². The fraction of sp³-hybridized carbons (Fsp3) is 0.172. The second-order valence-corrected chi connectivity index (χ2v) is 11.1. The average Bonchev–Trinajstić information content (AvgIpc) is 2.86. The monoisotopic (exact) mass is 485 g/mol. The van der Waals surface area contributed by atoms with Crippen molar-refractivity contribution < 1.29 is 17.9 Å². The third-order valence-electron chi connectivity index (χ3n) is 6.05. The Bertz CT molecular complexity index is 1510. The maximum Gasteiger partial charge on any atom is 0.330 e. The molecule has 0 radical (unpaired) electrons. The number of carbonyl (C=O) groups is 1. The van der Waals surface area contributed by atoms with Crippen LogP contribution in [-0.4, -0.2) is 38.0 Å². The highest BCUT2D eigenvalue weighted by Gasteiger charge is 2.17. The van der Waals surface area contributed by atoms with Crippen molar-refractivity contribution in [1.82, 2.24) is 4.98 Å². The first-order valence-corrected chi connectivity index (χ1v) is 13.2. The van der Waals surface area contributed by atoms with Crippen molar-refractivity contribution in [3.8, 4) is 22.3 Å². The highest BCUT2D eigenvalue weighted by Crippen LogP contribution is 2.32. The Balaban J connectivity index is 1.72. The number of rotatable bonds is 7. The first-order valence-electron chi connectivity index (χ1n) is 11.3. The van der Waals surface area contributed by atoms with Crippen LogP contribution in [0.1, 0.15) is 18.1 Å². The molecule has 0 aliphatic rings. The molecule has 0 aliphatic heterocycles. The molecule has 0 bridgehead atoms. The Morgan fingerprint density at radius 2 is 1.71 bits per heavy atom. The van der Waals surface area contributed by atoms with Crippen LogP contribution in [0.3, 0.4) is 0 Å². The summed E-state index contributed by atoms with van der Waals surface area (Å²) < 4.78 is 28.7. The van der Waals surface area contributed by atoms with E-state index in [1.165, 1.54) is 19.4 Å². The molecular formula is C29H27NO4S. The highest BCUT2D eigenvalue weighted by molar-refractivity contribution is 7.91. The summed E-state index contributed by atoms with van der Waals surface area (Å²) >= 11 is 0. The fourth-order valence-electron chi connectivity index (χ4n) is 3.96. The zero-order chi connectivity index (χ0) is 25.0. The molecule has 1 atom stereocenters. The lowest BCUT2D eigenvalue weighted by molar-refractivity contribution is -0.134. The molecule has 0 spiro atoms. The number of pyridine rings is 1. The number of fused-ring (bicyclic) bond motifs is 1. The van der Waals surface area contributed by atoms with E-state index in [4.69, 9.17) is 0 Å². The molecule has 1 unspecified atom stereocenters. The number of sulfone groups is 1. The van der Waals surface area contributed by atoms with Gasteiger partial charge in [0, 0.05) is 29.5 Å². The molecular weight excluding hydrogens is 458 g/mol. The topological polar surface area (TPSA) is 73.3 Å². The molecule has 3 aromatic carbocycles. The molecule has 1 aromatic heterocycles. The van der Waals surface area contributed by atoms with Crippen molar-refractivity contribution in [2.24, 2.45) is 0 Å². The van der Waals surface area contributed by atoms with Gasteiger partial charge in [-0.3, -0.25) is 4.98 Å². The number of hydrogen-bond acceptors (Lipinski definition) is 5. The predicted octanol–water partition coefficient (Wildman–Crippen LogP) is 5.73. The Morgan fingerprint density at radius 1 is 0.971 bits per heavy atom. The van der Waals surface area contributed by atoms with Gasteiger partial charge in [0.05, 0.1) is 17.9 Å². The van der Waals surface area contributed by atoms with Crippen LogP contribution >= 0.6 is 0 Å². The lowest BCUT2D eigenvalue weighted by Crippen LogP contribution is -2.18. The number of ether oxygens (including phenoxy) is 1. The van der Waals surface area contributed by atoms with Crippen molar-refractivity contribution in [2.75, 3.05) is 13.4 Å². The summed E-state index contributed by atoms with van der Waals surface area (Å²) in [4.78, 5) is 15.9. The number of carbonyl (C=O) groups excluding carboxylic acids is 1. The number of aromatic nitrogens is 1. The van der Waals surface area contributed by atoms with Crippen LogP contribution in [0.25, 0.3) is 39.2 Å². The van der Waals surface area contributed by atoms with Crippen molar-refractivity contribution in [3.05, 3.63) is 96.2 Å². The van der Waals surface area contributed by atoms with Crippen LogP contribution in [0.4, 0.5) is 0 Å². The van der Waals surface area contributed by atoms with Gasteiger partial charge in [0.2, 0.25) is 0 Å². The smallest absolute Gasteiger partial charge is 0.330 e. The number of benzene rings is 3. The van der Waals surface area contributed by atoms with Gasteiger partial charge in [0.25, 0.3) is 0 Å². The van der Waals surface area contributed by atoms with E-state index < -0.39 is 21.1 Å². The van der Waals surface area contributed by atoms with Crippen LogP contribution in [0.5, 0.6) is 0 Å². The Hall–Kier alpha value is -3.77. The van der Waals surface area contributed by atoms with Gasteiger partial charge in [0.15, 0.2) is 0 Å². The third kappa shape index (κ3) is 5.84. The van der Waals surface area contributed by atoms with Crippen molar-refractivity contribution >= 4 is 32.8 Å². The summed E-state index contributed by atoms with van der Waals surface area (Å²) in [6, 6.07) is 24.1. The molecule has 0 saturated carbocycles. The third-order valence-corrected chi connectivity index (χ3v) is 7.68. The van der Waals surface area contributed by atoms with Gasteiger partial charge >= 0.3 is 5.97 Å². The van der Waals surface area contributed by atoms with Gasteiger partial charge < -0.3 is 4.74 Å². The quantitative estimate of drug-likeness (QED) is 0.247. The molecule has 4 rings (SSSR count). The molecule has 6 heteroatoms. The van der Waals surface area contributed by atoms with Gasteiger partial charge in [-0.05, 0) is 71.5 Å². The van der Waals surface area contributed by atoms with Gasteiger partial charge in [-0.25, -0.2) is 13.2 Å². The molecule has 0 fully saturated rings. The van der Waals surface area contributed by atoms with E-state index in [-0.39, 0.29) is 0 Å². The van der Waals surface area contributed by atoms with Gasteiger partial charge in [-0.1, -0.05) is 48.5 Å². The van der Waals surface area contributed by atoms with E-state index in [9.17, 15) is 13.2 Å².